The Labute approximate surface area is 139 Å². The molecule has 0 saturated heterocycles. The Kier molecular flexibility index (Phi) is 5.33. The summed E-state index contributed by atoms with van der Waals surface area (Å²) >= 11 is 0. The highest BCUT2D eigenvalue weighted by Gasteiger charge is 2.24. The number of carboxylic acid groups (broad SMARTS) is 1. The zero-order chi connectivity index (χ0) is 17.9. The molecular weight excluding hydrogens is 313 g/mol. The number of aromatic nitrogens is 2. The molecule has 7 heteroatoms. The maximum Gasteiger partial charge on any atom is 0.323 e. The van der Waals surface area contributed by atoms with Crippen LogP contribution in [-0.2, 0) is 4.79 Å². The maximum absolute atomic E-state index is 13.0. The fourth-order valence-corrected chi connectivity index (χ4v) is 2.37. The van der Waals surface area contributed by atoms with Gasteiger partial charge in [-0.1, -0.05) is 13.8 Å². The highest BCUT2D eigenvalue weighted by Crippen LogP contribution is 2.15. The molecular formula is C17H20FN3O3. The molecule has 0 unspecified atom stereocenters. The molecule has 0 fully saturated rings. The first-order valence-corrected chi connectivity index (χ1v) is 7.61. The molecule has 128 valence electrons. The summed E-state index contributed by atoms with van der Waals surface area (Å²) in [7, 11) is 0. The third-order valence-electron chi connectivity index (χ3n) is 3.39. The van der Waals surface area contributed by atoms with Crippen LogP contribution in [-0.4, -0.2) is 44.8 Å². The molecule has 2 rings (SSSR count). The molecule has 0 aliphatic rings. The molecule has 1 amide bonds. The van der Waals surface area contributed by atoms with Gasteiger partial charge in [0, 0.05) is 18.3 Å². The zero-order valence-corrected chi connectivity index (χ0v) is 13.9. The van der Waals surface area contributed by atoms with Crippen LogP contribution in [0.1, 0.15) is 29.9 Å². The number of rotatable bonds is 6. The minimum absolute atomic E-state index is 0.132. The van der Waals surface area contributed by atoms with Crippen LogP contribution < -0.4 is 0 Å². The Morgan fingerprint density at radius 3 is 2.46 bits per heavy atom. The third-order valence-corrected chi connectivity index (χ3v) is 3.39. The summed E-state index contributed by atoms with van der Waals surface area (Å²) in [4.78, 5) is 25.0. The van der Waals surface area contributed by atoms with Gasteiger partial charge in [-0.3, -0.25) is 9.59 Å². The Balaban J connectivity index is 2.31. The largest absolute Gasteiger partial charge is 0.480 e. The number of hydrogen-bond donors (Lipinski definition) is 1. The molecule has 0 radical (unpaired) electrons. The molecule has 2 aromatic rings. The van der Waals surface area contributed by atoms with Gasteiger partial charge in [0.05, 0.1) is 5.69 Å². The second kappa shape index (κ2) is 7.25. The lowest BCUT2D eigenvalue weighted by molar-refractivity contribution is -0.137. The van der Waals surface area contributed by atoms with Crippen LogP contribution >= 0.6 is 0 Å². The highest BCUT2D eigenvalue weighted by atomic mass is 19.1. The van der Waals surface area contributed by atoms with Crippen LogP contribution in [0.5, 0.6) is 0 Å². The van der Waals surface area contributed by atoms with Crippen LogP contribution in [0.25, 0.3) is 5.69 Å². The Bertz CT molecular complexity index is 738. The first-order chi connectivity index (χ1) is 11.3. The van der Waals surface area contributed by atoms with Crippen molar-refractivity contribution in [3.05, 3.63) is 47.5 Å². The molecule has 0 atom stereocenters. The van der Waals surface area contributed by atoms with Crippen LogP contribution in [0.2, 0.25) is 0 Å². The molecule has 6 nitrogen and oxygen atoms in total. The van der Waals surface area contributed by atoms with Gasteiger partial charge in [0.1, 0.15) is 12.4 Å². The predicted octanol–water partition coefficient (Wildman–Crippen LogP) is 2.50. The fraction of sp³-hybridized carbons (Fsp3) is 0.353. The van der Waals surface area contributed by atoms with E-state index in [1.807, 2.05) is 13.8 Å². The molecule has 1 aromatic heterocycles. The molecule has 1 N–H and O–H groups in total. The second-order valence-corrected chi connectivity index (χ2v) is 6.05. The van der Waals surface area contributed by atoms with E-state index in [1.165, 1.54) is 21.7 Å². The highest BCUT2D eigenvalue weighted by molar-refractivity contribution is 5.95. The van der Waals surface area contributed by atoms with E-state index in [4.69, 9.17) is 5.11 Å². The van der Waals surface area contributed by atoms with E-state index in [1.54, 1.807) is 25.3 Å². The van der Waals surface area contributed by atoms with E-state index < -0.39 is 11.9 Å². The summed E-state index contributed by atoms with van der Waals surface area (Å²) < 4.78 is 14.5. The number of nitrogens with zero attached hydrogens (tertiary/aromatic N) is 3. The number of carbonyl (C=O) groups excluding carboxylic acids is 1. The van der Waals surface area contributed by atoms with Crippen molar-refractivity contribution in [2.24, 2.45) is 5.92 Å². The molecule has 1 heterocycles. The van der Waals surface area contributed by atoms with Gasteiger partial charge < -0.3 is 10.0 Å². The van der Waals surface area contributed by atoms with Crippen molar-refractivity contribution in [1.82, 2.24) is 14.7 Å². The maximum atomic E-state index is 13.0. The monoisotopic (exact) mass is 333 g/mol. The van der Waals surface area contributed by atoms with Gasteiger partial charge >= 0.3 is 5.97 Å². The number of carboxylic acids is 1. The smallest absolute Gasteiger partial charge is 0.323 e. The minimum atomic E-state index is -1.07. The van der Waals surface area contributed by atoms with Crippen molar-refractivity contribution in [2.75, 3.05) is 13.1 Å². The van der Waals surface area contributed by atoms with Crippen molar-refractivity contribution in [2.45, 2.75) is 20.8 Å². The van der Waals surface area contributed by atoms with Crippen molar-refractivity contribution in [3.8, 4) is 5.69 Å². The van der Waals surface area contributed by atoms with E-state index in [9.17, 15) is 14.0 Å². The summed E-state index contributed by atoms with van der Waals surface area (Å²) in [5.41, 5.74) is 1.44. The van der Waals surface area contributed by atoms with Crippen LogP contribution in [0.3, 0.4) is 0 Å². The summed E-state index contributed by atoms with van der Waals surface area (Å²) in [5, 5.41) is 13.3. The number of benzene rings is 1. The predicted molar refractivity (Wildman–Crippen MR) is 86.6 cm³/mol. The first kappa shape index (κ1) is 17.7. The van der Waals surface area contributed by atoms with Crippen LogP contribution in [0.15, 0.2) is 30.5 Å². The average molecular weight is 333 g/mol. The molecule has 0 aliphatic heterocycles. The molecule has 0 aliphatic carbocycles. The standard InChI is InChI=1S/C17H20FN3O3/c1-11(2)8-20(10-15(22)23)17(24)16-12(3)9-21(19-16)14-6-4-13(18)5-7-14/h4-7,9,11H,8,10H2,1-3H3,(H,22,23). The molecule has 0 bridgehead atoms. The van der Waals surface area contributed by atoms with Gasteiger partial charge in [0.15, 0.2) is 5.69 Å². The molecule has 0 saturated carbocycles. The summed E-state index contributed by atoms with van der Waals surface area (Å²) in [5.74, 6) is -1.72. The number of hydrogen-bond acceptors (Lipinski definition) is 3. The third kappa shape index (κ3) is 4.18. The Morgan fingerprint density at radius 2 is 1.92 bits per heavy atom. The number of amides is 1. The number of aliphatic carboxylic acids is 1. The van der Waals surface area contributed by atoms with E-state index >= 15 is 0 Å². The first-order valence-electron chi connectivity index (χ1n) is 7.61. The van der Waals surface area contributed by atoms with Gasteiger partial charge in [-0.15, -0.1) is 0 Å². The summed E-state index contributed by atoms with van der Waals surface area (Å²) in [6, 6.07) is 5.73. The lowest BCUT2D eigenvalue weighted by Crippen LogP contribution is -2.38. The summed E-state index contributed by atoms with van der Waals surface area (Å²) in [6.07, 6.45) is 1.66. The number of carbonyl (C=O) groups is 2. The van der Waals surface area contributed by atoms with Gasteiger partial charge in [0.2, 0.25) is 0 Å². The SMILES string of the molecule is Cc1cn(-c2ccc(F)cc2)nc1C(=O)N(CC(=O)O)CC(C)C. The topological polar surface area (TPSA) is 75.4 Å². The minimum Gasteiger partial charge on any atom is -0.480 e. The lowest BCUT2D eigenvalue weighted by Gasteiger charge is -2.22. The van der Waals surface area contributed by atoms with Gasteiger partial charge in [-0.2, -0.15) is 5.10 Å². The molecule has 1 aromatic carbocycles. The Hall–Kier alpha value is -2.70. The molecule has 24 heavy (non-hydrogen) atoms. The average Bonchev–Trinajstić information content (AvgIpc) is 2.87. The quantitative estimate of drug-likeness (QED) is 0.881. The molecule has 0 spiro atoms. The number of halogens is 1. The van der Waals surface area contributed by atoms with Crippen molar-refractivity contribution in [3.63, 3.8) is 0 Å². The van der Waals surface area contributed by atoms with Crippen LogP contribution in [0, 0.1) is 18.7 Å². The van der Waals surface area contributed by atoms with Crippen molar-refractivity contribution in [1.29, 1.82) is 0 Å². The van der Waals surface area contributed by atoms with E-state index in [0.29, 0.717) is 17.8 Å². The Morgan fingerprint density at radius 1 is 1.29 bits per heavy atom. The van der Waals surface area contributed by atoms with E-state index in [-0.39, 0.29) is 24.0 Å². The van der Waals surface area contributed by atoms with E-state index in [0.717, 1.165) is 0 Å². The van der Waals surface area contributed by atoms with Crippen molar-refractivity contribution >= 4 is 11.9 Å². The van der Waals surface area contributed by atoms with Crippen molar-refractivity contribution < 1.29 is 19.1 Å². The second-order valence-electron chi connectivity index (χ2n) is 6.05. The van der Waals surface area contributed by atoms with Crippen LogP contribution in [0.4, 0.5) is 4.39 Å². The van der Waals surface area contributed by atoms with Gasteiger partial charge in [-0.05, 0) is 37.1 Å². The number of aryl methyl sites for hydroxylation is 1. The van der Waals surface area contributed by atoms with E-state index in [2.05, 4.69) is 5.10 Å². The lowest BCUT2D eigenvalue weighted by atomic mass is 10.2. The zero-order valence-electron chi connectivity index (χ0n) is 13.9. The normalized spacial score (nSPS) is 10.9. The fourth-order valence-electron chi connectivity index (χ4n) is 2.37. The van der Waals surface area contributed by atoms with Gasteiger partial charge in [0.25, 0.3) is 5.91 Å². The summed E-state index contributed by atoms with van der Waals surface area (Å²) in [6.45, 7) is 5.50. The van der Waals surface area contributed by atoms with Gasteiger partial charge in [-0.25, -0.2) is 9.07 Å².